The van der Waals surface area contributed by atoms with Crippen molar-refractivity contribution in [1.29, 1.82) is 0 Å². The smallest absolute Gasteiger partial charge is 0.287 e. The number of benzene rings is 1. The molecule has 0 aliphatic carbocycles. The number of aromatic hydroxyl groups is 2. The lowest BCUT2D eigenvalue weighted by Gasteiger charge is -2.21. The number of hydrogen-bond donors (Lipinski definition) is 4. The largest absolute Gasteiger partial charge is 0.504 e. The molecule has 2 rings (SSSR count). The van der Waals surface area contributed by atoms with Crippen LogP contribution in [-0.2, 0) is 11.2 Å². The van der Waals surface area contributed by atoms with Gasteiger partial charge in [0.1, 0.15) is 6.04 Å². The summed E-state index contributed by atoms with van der Waals surface area (Å²) >= 11 is 0. The highest BCUT2D eigenvalue weighted by Gasteiger charge is 2.25. The predicted octanol–water partition coefficient (Wildman–Crippen LogP) is 1.80. The first-order chi connectivity index (χ1) is 11.9. The zero-order chi connectivity index (χ0) is 18.4. The highest BCUT2D eigenvalue weighted by molar-refractivity contribution is 5.95. The highest BCUT2D eigenvalue weighted by Crippen LogP contribution is 2.24. The van der Waals surface area contributed by atoms with Crippen LogP contribution in [-0.4, -0.2) is 34.6 Å². The summed E-state index contributed by atoms with van der Waals surface area (Å²) in [6, 6.07) is 6.95. The molecule has 0 spiro atoms. The summed E-state index contributed by atoms with van der Waals surface area (Å²) in [4.78, 5) is 24.4. The van der Waals surface area contributed by atoms with Crippen LogP contribution in [0.4, 0.5) is 0 Å². The van der Waals surface area contributed by atoms with Crippen molar-refractivity contribution in [2.75, 3.05) is 6.54 Å². The Kier molecular flexibility index (Phi) is 6.05. The molecule has 2 amide bonds. The second-order valence-electron chi connectivity index (χ2n) is 6.04. The van der Waals surface area contributed by atoms with Crippen molar-refractivity contribution in [2.24, 2.45) is 5.92 Å². The molecule has 2 aromatic rings. The third-order valence-corrected chi connectivity index (χ3v) is 3.73. The maximum absolute atomic E-state index is 12.4. The Balaban J connectivity index is 1.89. The molecule has 0 aliphatic heterocycles. The molecular formula is C18H22N2O5. The molecule has 7 nitrogen and oxygen atoms in total. The molecule has 0 radical (unpaired) electrons. The Morgan fingerprint density at radius 1 is 1.16 bits per heavy atom. The van der Waals surface area contributed by atoms with Crippen molar-refractivity contribution < 1.29 is 24.2 Å². The summed E-state index contributed by atoms with van der Waals surface area (Å²) in [5.74, 6) is -1.07. The van der Waals surface area contributed by atoms with Crippen LogP contribution in [0.2, 0.25) is 0 Å². The van der Waals surface area contributed by atoms with Crippen molar-refractivity contribution in [3.05, 3.63) is 47.9 Å². The third-order valence-electron chi connectivity index (χ3n) is 3.73. The molecule has 1 aromatic carbocycles. The van der Waals surface area contributed by atoms with Gasteiger partial charge in [0.15, 0.2) is 17.3 Å². The minimum Gasteiger partial charge on any atom is -0.504 e. The van der Waals surface area contributed by atoms with E-state index < -0.39 is 11.9 Å². The number of phenols is 2. The van der Waals surface area contributed by atoms with Gasteiger partial charge < -0.3 is 25.3 Å². The lowest BCUT2D eigenvalue weighted by Crippen LogP contribution is -2.50. The number of furan rings is 1. The average molecular weight is 346 g/mol. The molecule has 4 N–H and O–H groups in total. The van der Waals surface area contributed by atoms with Crippen LogP contribution in [0.5, 0.6) is 11.5 Å². The number of carbonyl (C=O) groups is 2. The number of hydrogen-bond acceptors (Lipinski definition) is 5. The van der Waals surface area contributed by atoms with Crippen LogP contribution in [0.1, 0.15) is 30.0 Å². The molecule has 0 saturated heterocycles. The number of nitrogens with one attached hydrogen (secondary N) is 2. The van der Waals surface area contributed by atoms with Gasteiger partial charge in [-0.1, -0.05) is 19.9 Å². The van der Waals surface area contributed by atoms with E-state index in [-0.39, 0.29) is 29.1 Å². The second-order valence-corrected chi connectivity index (χ2v) is 6.04. The predicted molar refractivity (Wildman–Crippen MR) is 91.3 cm³/mol. The Hall–Kier alpha value is -2.96. The van der Waals surface area contributed by atoms with Crippen LogP contribution >= 0.6 is 0 Å². The fourth-order valence-corrected chi connectivity index (χ4v) is 2.32. The summed E-state index contributed by atoms with van der Waals surface area (Å²) in [7, 11) is 0. The summed E-state index contributed by atoms with van der Waals surface area (Å²) in [5, 5.41) is 24.2. The first-order valence-corrected chi connectivity index (χ1v) is 8.01. The van der Waals surface area contributed by atoms with Crippen molar-refractivity contribution >= 4 is 11.8 Å². The zero-order valence-corrected chi connectivity index (χ0v) is 14.2. The maximum atomic E-state index is 12.4. The van der Waals surface area contributed by atoms with Crippen molar-refractivity contribution in [2.45, 2.75) is 26.3 Å². The molecule has 1 atom stereocenters. The van der Waals surface area contributed by atoms with Gasteiger partial charge in [0.05, 0.1) is 6.26 Å². The Bertz CT molecular complexity index is 725. The van der Waals surface area contributed by atoms with Crippen LogP contribution in [0, 0.1) is 5.92 Å². The summed E-state index contributed by atoms with van der Waals surface area (Å²) in [6.45, 7) is 4.01. The molecule has 7 heteroatoms. The Labute approximate surface area is 145 Å². The van der Waals surface area contributed by atoms with Crippen molar-refractivity contribution in [1.82, 2.24) is 10.6 Å². The van der Waals surface area contributed by atoms with Gasteiger partial charge in [0.25, 0.3) is 5.91 Å². The molecule has 0 fully saturated rings. The minimum atomic E-state index is -0.689. The monoisotopic (exact) mass is 346 g/mol. The summed E-state index contributed by atoms with van der Waals surface area (Å²) in [6.07, 6.45) is 1.88. The highest BCUT2D eigenvalue weighted by atomic mass is 16.3. The quantitative estimate of drug-likeness (QED) is 0.571. The average Bonchev–Trinajstić information content (AvgIpc) is 3.10. The number of rotatable bonds is 7. The first kappa shape index (κ1) is 18.4. The lowest BCUT2D eigenvalue weighted by atomic mass is 10.0. The molecule has 0 bridgehead atoms. The van der Waals surface area contributed by atoms with Crippen LogP contribution in [0.15, 0.2) is 41.0 Å². The molecule has 1 unspecified atom stereocenters. The molecule has 1 aromatic heterocycles. The van der Waals surface area contributed by atoms with E-state index in [4.69, 9.17) is 4.42 Å². The van der Waals surface area contributed by atoms with Gasteiger partial charge in [-0.25, -0.2) is 0 Å². The topological polar surface area (TPSA) is 112 Å². The summed E-state index contributed by atoms with van der Waals surface area (Å²) < 4.78 is 5.03. The van der Waals surface area contributed by atoms with Gasteiger partial charge in [0.2, 0.25) is 5.91 Å². The fourth-order valence-electron chi connectivity index (χ4n) is 2.32. The van der Waals surface area contributed by atoms with Gasteiger partial charge in [0, 0.05) is 6.54 Å². The SMILES string of the molecule is CC(C)C(NC(=O)c1ccco1)C(=O)NCCc1ccc(O)c(O)c1. The van der Waals surface area contributed by atoms with Crippen LogP contribution < -0.4 is 10.6 Å². The molecule has 0 saturated carbocycles. The van der Waals surface area contributed by atoms with Gasteiger partial charge >= 0.3 is 0 Å². The normalized spacial score (nSPS) is 12.0. The Morgan fingerprint density at radius 2 is 1.92 bits per heavy atom. The van der Waals surface area contributed by atoms with Gasteiger partial charge in [-0.05, 0) is 42.2 Å². The maximum Gasteiger partial charge on any atom is 0.287 e. The number of amides is 2. The van der Waals surface area contributed by atoms with E-state index in [1.54, 1.807) is 12.1 Å². The van der Waals surface area contributed by atoms with E-state index in [1.165, 1.54) is 24.5 Å². The number of phenolic OH excluding ortho intramolecular Hbond substituents is 2. The molecule has 134 valence electrons. The zero-order valence-electron chi connectivity index (χ0n) is 14.2. The molecular weight excluding hydrogens is 324 g/mol. The Morgan fingerprint density at radius 3 is 2.52 bits per heavy atom. The van der Waals surface area contributed by atoms with Gasteiger partial charge in [-0.15, -0.1) is 0 Å². The third kappa shape index (κ3) is 5.00. The summed E-state index contributed by atoms with van der Waals surface area (Å²) in [5.41, 5.74) is 0.774. The molecule has 0 aliphatic rings. The van der Waals surface area contributed by atoms with Crippen molar-refractivity contribution in [3.63, 3.8) is 0 Å². The van der Waals surface area contributed by atoms with Crippen LogP contribution in [0.3, 0.4) is 0 Å². The second kappa shape index (κ2) is 8.23. The molecule has 1 heterocycles. The van der Waals surface area contributed by atoms with E-state index in [2.05, 4.69) is 10.6 Å². The van der Waals surface area contributed by atoms with E-state index in [0.717, 1.165) is 5.56 Å². The minimum absolute atomic E-state index is 0.100. The van der Waals surface area contributed by atoms with E-state index in [9.17, 15) is 19.8 Å². The van der Waals surface area contributed by atoms with Crippen molar-refractivity contribution in [3.8, 4) is 11.5 Å². The van der Waals surface area contributed by atoms with E-state index in [0.29, 0.717) is 13.0 Å². The van der Waals surface area contributed by atoms with Gasteiger partial charge in [-0.2, -0.15) is 0 Å². The fraction of sp³-hybridized carbons (Fsp3) is 0.333. The molecule has 25 heavy (non-hydrogen) atoms. The standard InChI is InChI=1S/C18H22N2O5/c1-11(2)16(20-17(23)15-4-3-9-25-15)18(24)19-8-7-12-5-6-13(21)14(22)10-12/h3-6,9-11,16,21-22H,7-8H2,1-2H3,(H,19,24)(H,20,23). The van der Waals surface area contributed by atoms with E-state index in [1.807, 2.05) is 13.8 Å². The van der Waals surface area contributed by atoms with Gasteiger partial charge in [-0.3, -0.25) is 9.59 Å². The lowest BCUT2D eigenvalue weighted by molar-refractivity contribution is -0.123. The van der Waals surface area contributed by atoms with Crippen LogP contribution in [0.25, 0.3) is 0 Å². The first-order valence-electron chi connectivity index (χ1n) is 8.01. The van der Waals surface area contributed by atoms with E-state index >= 15 is 0 Å². The number of carbonyl (C=O) groups excluding carboxylic acids is 2.